The van der Waals surface area contributed by atoms with Gasteiger partial charge in [-0.3, -0.25) is 0 Å². The number of nitrogens with one attached hydrogen (secondary N) is 2. The van der Waals surface area contributed by atoms with E-state index in [0.717, 1.165) is 25.7 Å². The lowest BCUT2D eigenvalue weighted by molar-refractivity contribution is 0.222. The molecule has 1 rings (SSSR count). The highest BCUT2D eigenvalue weighted by Gasteiger charge is 2.36. The molecule has 0 aromatic carbocycles. The van der Waals surface area contributed by atoms with Gasteiger partial charge in [-0.15, -0.1) is 0 Å². The molecule has 2 amide bonds. The third-order valence-electron chi connectivity index (χ3n) is 3.58. The second kappa shape index (κ2) is 7.21. The topological polar surface area (TPSA) is 99.7 Å². The van der Waals surface area contributed by atoms with Crippen molar-refractivity contribution in [1.82, 2.24) is 10.6 Å². The van der Waals surface area contributed by atoms with E-state index in [9.17, 15) is 4.79 Å². The Hall–Kier alpha value is -1.46. The van der Waals surface area contributed by atoms with Gasteiger partial charge in [-0.1, -0.05) is 37.3 Å². The molecule has 0 unspecified atom stereocenters. The zero-order chi connectivity index (χ0) is 14.3. The SMILES string of the molecule is CC(C)NC(=O)NC1(/C(N)=N/O)CCCCCCC1. The van der Waals surface area contributed by atoms with E-state index in [1.807, 2.05) is 13.8 Å². The van der Waals surface area contributed by atoms with E-state index >= 15 is 0 Å². The zero-order valence-electron chi connectivity index (χ0n) is 11.9. The number of amides is 2. The van der Waals surface area contributed by atoms with Crippen LogP contribution in [0.25, 0.3) is 0 Å². The summed E-state index contributed by atoms with van der Waals surface area (Å²) in [5, 5.41) is 17.8. The van der Waals surface area contributed by atoms with Crippen molar-refractivity contribution < 1.29 is 10.0 Å². The fourth-order valence-corrected chi connectivity index (χ4v) is 2.57. The molecule has 0 atom stereocenters. The lowest BCUT2D eigenvalue weighted by Crippen LogP contribution is -2.60. The molecule has 0 bridgehead atoms. The van der Waals surface area contributed by atoms with Crippen LogP contribution in [0.1, 0.15) is 58.8 Å². The van der Waals surface area contributed by atoms with Gasteiger partial charge in [0.1, 0.15) is 5.54 Å². The highest BCUT2D eigenvalue weighted by atomic mass is 16.4. The van der Waals surface area contributed by atoms with Crippen molar-refractivity contribution in [3.8, 4) is 0 Å². The van der Waals surface area contributed by atoms with Crippen LogP contribution in [0.15, 0.2) is 5.16 Å². The van der Waals surface area contributed by atoms with E-state index in [0.29, 0.717) is 12.8 Å². The Morgan fingerprint density at radius 1 is 1.21 bits per heavy atom. The van der Waals surface area contributed by atoms with Crippen LogP contribution in [0.5, 0.6) is 0 Å². The van der Waals surface area contributed by atoms with Gasteiger partial charge in [0, 0.05) is 6.04 Å². The number of carbonyl (C=O) groups excluding carboxylic acids is 1. The average Bonchev–Trinajstić information content (AvgIpc) is 2.30. The summed E-state index contributed by atoms with van der Waals surface area (Å²) in [6.45, 7) is 3.79. The first-order chi connectivity index (χ1) is 9.00. The molecule has 1 aliphatic rings. The van der Waals surface area contributed by atoms with Crippen LogP contribution in [0.4, 0.5) is 4.79 Å². The Morgan fingerprint density at radius 2 is 1.74 bits per heavy atom. The van der Waals surface area contributed by atoms with Crippen LogP contribution in [-0.2, 0) is 0 Å². The molecule has 0 heterocycles. The predicted molar refractivity (Wildman–Crippen MR) is 75.3 cm³/mol. The minimum atomic E-state index is -0.714. The van der Waals surface area contributed by atoms with Gasteiger partial charge in [0.05, 0.1) is 0 Å². The quantitative estimate of drug-likeness (QED) is 0.273. The van der Waals surface area contributed by atoms with Crippen LogP contribution >= 0.6 is 0 Å². The summed E-state index contributed by atoms with van der Waals surface area (Å²) in [7, 11) is 0. The predicted octanol–water partition coefficient (Wildman–Crippen LogP) is 1.92. The van der Waals surface area contributed by atoms with Crippen molar-refractivity contribution in [1.29, 1.82) is 0 Å². The Balaban J connectivity index is 2.81. The molecule has 19 heavy (non-hydrogen) atoms. The van der Waals surface area contributed by atoms with Crippen LogP contribution in [-0.4, -0.2) is 28.7 Å². The fourth-order valence-electron chi connectivity index (χ4n) is 2.57. The first-order valence-corrected chi connectivity index (χ1v) is 7.07. The molecular weight excluding hydrogens is 244 g/mol. The van der Waals surface area contributed by atoms with E-state index in [4.69, 9.17) is 10.9 Å². The van der Waals surface area contributed by atoms with Gasteiger partial charge < -0.3 is 21.6 Å². The molecule has 0 aromatic rings. The van der Waals surface area contributed by atoms with Crippen molar-refractivity contribution in [3.63, 3.8) is 0 Å². The minimum absolute atomic E-state index is 0.0536. The van der Waals surface area contributed by atoms with Crippen LogP contribution in [0.3, 0.4) is 0 Å². The molecule has 0 saturated heterocycles. The zero-order valence-corrected chi connectivity index (χ0v) is 11.9. The highest BCUT2D eigenvalue weighted by molar-refractivity contribution is 5.93. The average molecular weight is 270 g/mol. The van der Waals surface area contributed by atoms with Crippen molar-refractivity contribution in [2.45, 2.75) is 70.4 Å². The first-order valence-electron chi connectivity index (χ1n) is 7.07. The van der Waals surface area contributed by atoms with Crippen molar-refractivity contribution in [3.05, 3.63) is 0 Å². The summed E-state index contributed by atoms with van der Waals surface area (Å²) in [6, 6.07) is -0.208. The van der Waals surface area contributed by atoms with Crippen LogP contribution in [0, 0.1) is 0 Å². The Labute approximate surface area is 114 Å². The second-order valence-electron chi connectivity index (χ2n) is 5.59. The van der Waals surface area contributed by atoms with Crippen LogP contribution in [0.2, 0.25) is 0 Å². The number of oxime groups is 1. The van der Waals surface area contributed by atoms with Gasteiger partial charge in [-0.25, -0.2) is 4.79 Å². The van der Waals surface area contributed by atoms with Crippen molar-refractivity contribution >= 4 is 11.9 Å². The number of nitrogens with zero attached hydrogens (tertiary/aromatic N) is 1. The molecule has 5 N–H and O–H groups in total. The van der Waals surface area contributed by atoms with Gasteiger partial charge in [0.25, 0.3) is 0 Å². The van der Waals surface area contributed by atoms with E-state index in [2.05, 4.69) is 15.8 Å². The summed E-state index contributed by atoms with van der Waals surface area (Å²) in [5.41, 5.74) is 5.13. The summed E-state index contributed by atoms with van der Waals surface area (Å²) in [6.07, 6.45) is 6.82. The standard InChI is InChI=1S/C13H26N4O2/c1-10(2)15-12(18)16-13(11(14)17-19)8-6-4-3-5-7-9-13/h10,19H,3-9H2,1-2H3,(H2,14,17)(H2,15,16,18). The number of nitrogens with two attached hydrogens (primary N) is 1. The number of hydrogen-bond donors (Lipinski definition) is 4. The maximum Gasteiger partial charge on any atom is 0.315 e. The molecule has 6 heteroatoms. The largest absolute Gasteiger partial charge is 0.409 e. The van der Waals surface area contributed by atoms with Gasteiger partial charge in [-0.2, -0.15) is 0 Å². The lowest BCUT2D eigenvalue weighted by atomic mass is 9.83. The van der Waals surface area contributed by atoms with E-state index in [1.165, 1.54) is 6.42 Å². The van der Waals surface area contributed by atoms with E-state index < -0.39 is 5.54 Å². The van der Waals surface area contributed by atoms with Crippen molar-refractivity contribution in [2.75, 3.05) is 0 Å². The Kier molecular flexibility index (Phi) is 5.92. The summed E-state index contributed by atoms with van der Waals surface area (Å²) in [5.74, 6) is 0.105. The molecule has 0 radical (unpaired) electrons. The van der Waals surface area contributed by atoms with Gasteiger partial charge in [0.15, 0.2) is 5.84 Å². The van der Waals surface area contributed by atoms with E-state index in [1.54, 1.807) is 0 Å². The first kappa shape index (κ1) is 15.6. The number of urea groups is 1. The third kappa shape index (κ3) is 4.61. The molecule has 110 valence electrons. The third-order valence-corrected chi connectivity index (χ3v) is 3.58. The maximum absolute atomic E-state index is 11.9. The maximum atomic E-state index is 11.9. The molecule has 6 nitrogen and oxygen atoms in total. The van der Waals surface area contributed by atoms with E-state index in [-0.39, 0.29) is 17.9 Å². The fraction of sp³-hybridized carbons (Fsp3) is 0.846. The second-order valence-corrected chi connectivity index (χ2v) is 5.59. The molecule has 1 saturated carbocycles. The minimum Gasteiger partial charge on any atom is -0.409 e. The number of carbonyl (C=O) groups is 1. The van der Waals surface area contributed by atoms with Crippen molar-refractivity contribution in [2.24, 2.45) is 10.9 Å². The Bertz CT molecular complexity index is 321. The molecule has 1 fully saturated rings. The smallest absolute Gasteiger partial charge is 0.315 e. The lowest BCUT2D eigenvalue weighted by Gasteiger charge is -2.35. The van der Waals surface area contributed by atoms with Gasteiger partial charge in [0.2, 0.25) is 0 Å². The molecule has 0 aromatic heterocycles. The number of amidine groups is 1. The number of hydrogen-bond acceptors (Lipinski definition) is 3. The van der Waals surface area contributed by atoms with Crippen LogP contribution < -0.4 is 16.4 Å². The Morgan fingerprint density at radius 3 is 2.21 bits per heavy atom. The molecule has 0 aliphatic heterocycles. The summed E-state index contributed by atoms with van der Waals surface area (Å²) < 4.78 is 0. The summed E-state index contributed by atoms with van der Waals surface area (Å²) in [4.78, 5) is 11.9. The summed E-state index contributed by atoms with van der Waals surface area (Å²) >= 11 is 0. The van der Waals surface area contributed by atoms with Gasteiger partial charge in [-0.05, 0) is 26.7 Å². The van der Waals surface area contributed by atoms with Gasteiger partial charge >= 0.3 is 6.03 Å². The highest BCUT2D eigenvalue weighted by Crippen LogP contribution is 2.26. The normalized spacial score (nSPS) is 20.5. The molecule has 0 spiro atoms. The molecule has 1 aliphatic carbocycles. The monoisotopic (exact) mass is 270 g/mol. The molecular formula is C13H26N4O2. The number of rotatable bonds is 3.